The molecule has 0 saturated heterocycles. The number of amides is 1. The zero-order chi connectivity index (χ0) is 13.9. The summed E-state index contributed by atoms with van der Waals surface area (Å²) in [5, 5.41) is 2.57. The summed E-state index contributed by atoms with van der Waals surface area (Å²) in [7, 11) is -3.07. The minimum Gasteiger partial charge on any atom is -0.397 e. The molecule has 0 atom stereocenters. The van der Waals surface area contributed by atoms with Gasteiger partial charge in [-0.2, -0.15) is 0 Å². The fourth-order valence-electron chi connectivity index (χ4n) is 1.55. The number of nitrogen functional groups attached to an aromatic ring is 1. The summed E-state index contributed by atoms with van der Waals surface area (Å²) in [5.74, 6) is -0.389. The standard InChI is InChI=1S/C11H19N3O3S/c1-8(2)14-7-9(12)6-10(14)11(15)13-4-5-18(3,16)17/h6-8H,4-5,12H2,1-3H3,(H,13,15). The zero-order valence-corrected chi connectivity index (χ0v) is 11.6. The maximum Gasteiger partial charge on any atom is 0.268 e. The molecule has 0 aromatic carbocycles. The number of carbonyl (C=O) groups excluding carboxylic acids is 1. The van der Waals surface area contributed by atoms with Gasteiger partial charge < -0.3 is 15.6 Å². The van der Waals surface area contributed by atoms with E-state index in [9.17, 15) is 13.2 Å². The Bertz CT molecular complexity index is 532. The molecule has 102 valence electrons. The molecular weight excluding hydrogens is 254 g/mol. The average Bonchev–Trinajstić information content (AvgIpc) is 2.58. The van der Waals surface area contributed by atoms with Gasteiger partial charge >= 0.3 is 0 Å². The third-order valence-electron chi connectivity index (χ3n) is 2.42. The fraction of sp³-hybridized carbons (Fsp3) is 0.545. The van der Waals surface area contributed by atoms with Crippen molar-refractivity contribution in [3.05, 3.63) is 18.0 Å². The second-order valence-electron chi connectivity index (χ2n) is 4.55. The van der Waals surface area contributed by atoms with E-state index >= 15 is 0 Å². The lowest BCUT2D eigenvalue weighted by Gasteiger charge is -2.12. The summed E-state index contributed by atoms with van der Waals surface area (Å²) < 4.78 is 23.7. The molecule has 0 radical (unpaired) electrons. The van der Waals surface area contributed by atoms with Crippen molar-refractivity contribution < 1.29 is 13.2 Å². The van der Waals surface area contributed by atoms with Gasteiger partial charge in [-0.3, -0.25) is 4.79 Å². The van der Waals surface area contributed by atoms with Crippen LogP contribution < -0.4 is 11.1 Å². The van der Waals surface area contributed by atoms with Crippen LogP contribution in [0.5, 0.6) is 0 Å². The lowest BCUT2D eigenvalue weighted by molar-refractivity contribution is 0.0945. The van der Waals surface area contributed by atoms with E-state index in [1.54, 1.807) is 16.8 Å². The molecule has 0 aliphatic carbocycles. The summed E-state index contributed by atoms with van der Waals surface area (Å²) in [6.45, 7) is 3.97. The summed E-state index contributed by atoms with van der Waals surface area (Å²) in [6.07, 6.45) is 2.82. The first-order valence-electron chi connectivity index (χ1n) is 5.64. The number of carbonyl (C=O) groups is 1. The molecule has 0 bridgehead atoms. The maximum atomic E-state index is 11.9. The van der Waals surface area contributed by atoms with Crippen molar-refractivity contribution in [1.82, 2.24) is 9.88 Å². The van der Waals surface area contributed by atoms with E-state index in [-0.39, 0.29) is 24.2 Å². The number of nitrogens with two attached hydrogens (primary N) is 1. The van der Waals surface area contributed by atoms with Gasteiger partial charge in [-0.15, -0.1) is 0 Å². The molecule has 0 saturated carbocycles. The topological polar surface area (TPSA) is 94.2 Å². The minimum absolute atomic E-state index is 0.0728. The van der Waals surface area contributed by atoms with Crippen molar-refractivity contribution in [2.24, 2.45) is 0 Å². The number of rotatable bonds is 5. The number of sulfone groups is 1. The van der Waals surface area contributed by atoms with Gasteiger partial charge in [0.15, 0.2) is 0 Å². The SMILES string of the molecule is CC(C)n1cc(N)cc1C(=O)NCCS(C)(=O)=O. The van der Waals surface area contributed by atoms with E-state index < -0.39 is 9.84 Å². The third-order valence-corrected chi connectivity index (χ3v) is 3.36. The van der Waals surface area contributed by atoms with Gasteiger partial charge in [-0.05, 0) is 19.9 Å². The highest BCUT2D eigenvalue weighted by Gasteiger charge is 2.14. The van der Waals surface area contributed by atoms with Crippen LogP contribution in [0.15, 0.2) is 12.3 Å². The third kappa shape index (κ3) is 4.06. The lowest BCUT2D eigenvalue weighted by atomic mass is 10.3. The Kier molecular flexibility index (Phi) is 4.39. The molecule has 0 aliphatic rings. The number of hydrogen-bond acceptors (Lipinski definition) is 4. The van der Waals surface area contributed by atoms with Crippen LogP contribution in [0, 0.1) is 0 Å². The quantitative estimate of drug-likeness (QED) is 0.813. The molecule has 1 rings (SSSR count). The first kappa shape index (κ1) is 14.6. The summed E-state index contributed by atoms with van der Waals surface area (Å²) in [6, 6.07) is 1.69. The fourth-order valence-corrected chi connectivity index (χ4v) is 2.02. The molecule has 1 aromatic heterocycles. The predicted octanol–water partition coefficient (Wildman–Crippen LogP) is 0.426. The molecule has 3 N–H and O–H groups in total. The highest BCUT2D eigenvalue weighted by Crippen LogP contribution is 2.16. The smallest absolute Gasteiger partial charge is 0.268 e. The van der Waals surface area contributed by atoms with Crippen molar-refractivity contribution in [3.8, 4) is 0 Å². The van der Waals surface area contributed by atoms with Crippen LogP contribution >= 0.6 is 0 Å². The molecule has 0 spiro atoms. The van der Waals surface area contributed by atoms with Gasteiger partial charge in [0.2, 0.25) is 0 Å². The van der Waals surface area contributed by atoms with Crippen LogP contribution in [0.25, 0.3) is 0 Å². The van der Waals surface area contributed by atoms with Crippen molar-refractivity contribution in [2.45, 2.75) is 19.9 Å². The van der Waals surface area contributed by atoms with Crippen LogP contribution in [0.3, 0.4) is 0 Å². The Morgan fingerprint density at radius 3 is 2.61 bits per heavy atom. The highest BCUT2D eigenvalue weighted by atomic mass is 32.2. The van der Waals surface area contributed by atoms with E-state index in [4.69, 9.17) is 5.73 Å². The summed E-state index contributed by atoms with van der Waals surface area (Å²) in [5.41, 5.74) is 6.61. The van der Waals surface area contributed by atoms with Crippen LogP contribution in [0.4, 0.5) is 5.69 Å². The van der Waals surface area contributed by atoms with Crippen LogP contribution in [-0.4, -0.2) is 37.4 Å². The molecule has 0 aliphatic heterocycles. The Hall–Kier alpha value is -1.50. The number of aromatic nitrogens is 1. The molecule has 1 amide bonds. The second kappa shape index (κ2) is 5.43. The number of hydrogen-bond donors (Lipinski definition) is 2. The Balaban J connectivity index is 2.73. The molecular formula is C11H19N3O3S. The van der Waals surface area contributed by atoms with Gasteiger partial charge in [-0.25, -0.2) is 8.42 Å². The van der Waals surface area contributed by atoms with E-state index in [0.29, 0.717) is 11.4 Å². The van der Waals surface area contributed by atoms with Crippen LogP contribution in [-0.2, 0) is 9.84 Å². The van der Waals surface area contributed by atoms with Gasteiger partial charge in [0.25, 0.3) is 5.91 Å². The Labute approximate surface area is 107 Å². The molecule has 0 fully saturated rings. The van der Waals surface area contributed by atoms with Crippen molar-refractivity contribution in [1.29, 1.82) is 0 Å². The van der Waals surface area contributed by atoms with E-state index in [1.165, 1.54) is 0 Å². The van der Waals surface area contributed by atoms with Gasteiger partial charge in [0, 0.05) is 25.0 Å². The number of nitrogens with one attached hydrogen (secondary N) is 1. The molecule has 1 aromatic rings. The van der Waals surface area contributed by atoms with E-state index in [1.807, 2.05) is 13.8 Å². The Morgan fingerprint density at radius 2 is 2.11 bits per heavy atom. The average molecular weight is 273 g/mol. The van der Waals surface area contributed by atoms with Gasteiger partial charge in [0.1, 0.15) is 15.5 Å². The number of anilines is 1. The minimum atomic E-state index is -3.07. The zero-order valence-electron chi connectivity index (χ0n) is 10.8. The Morgan fingerprint density at radius 1 is 1.50 bits per heavy atom. The highest BCUT2D eigenvalue weighted by molar-refractivity contribution is 7.90. The second-order valence-corrected chi connectivity index (χ2v) is 6.81. The summed E-state index contributed by atoms with van der Waals surface area (Å²) in [4.78, 5) is 11.9. The predicted molar refractivity (Wildman–Crippen MR) is 71.3 cm³/mol. The maximum absolute atomic E-state index is 11.9. The summed E-state index contributed by atoms with van der Waals surface area (Å²) >= 11 is 0. The van der Waals surface area contributed by atoms with Crippen LogP contribution in [0.2, 0.25) is 0 Å². The normalized spacial score (nSPS) is 11.8. The van der Waals surface area contributed by atoms with Crippen molar-refractivity contribution in [2.75, 3.05) is 24.3 Å². The number of nitrogens with zero attached hydrogens (tertiary/aromatic N) is 1. The molecule has 18 heavy (non-hydrogen) atoms. The lowest BCUT2D eigenvalue weighted by Crippen LogP contribution is -2.30. The van der Waals surface area contributed by atoms with E-state index in [0.717, 1.165) is 6.26 Å². The van der Waals surface area contributed by atoms with Crippen molar-refractivity contribution >= 4 is 21.4 Å². The van der Waals surface area contributed by atoms with Gasteiger partial charge in [0.05, 0.1) is 11.4 Å². The largest absolute Gasteiger partial charge is 0.397 e. The molecule has 6 nitrogen and oxygen atoms in total. The monoisotopic (exact) mass is 273 g/mol. The van der Waals surface area contributed by atoms with E-state index in [2.05, 4.69) is 5.32 Å². The van der Waals surface area contributed by atoms with Gasteiger partial charge in [-0.1, -0.05) is 0 Å². The first-order chi connectivity index (χ1) is 8.20. The molecule has 1 heterocycles. The first-order valence-corrected chi connectivity index (χ1v) is 7.70. The van der Waals surface area contributed by atoms with Crippen molar-refractivity contribution in [3.63, 3.8) is 0 Å². The molecule has 0 unspecified atom stereocenters. The molecule has 7 heteroatoms. The van der Waals surface area contributed by atoms with Crippen LogP contribution in [0.1, 0.15) is 30.4 Å².